The number of sulfonamides is 1. The lowest BCUT2D eigenvalue weighted by atomic mass is 10.3. The number of hydrogen-bond donors (Lipinski definition) is 2. The zero-order valence-corrected chi connectivity index (χ0v) is 11.3. The van der Waals surface area contributed by atoms with Crippen molar-refractivity contribution in [2.75, 3.05) is 5.73 Å². The molecule has 2 aromatic heterocycles. The van der Waals surface area contributed by atoms with Gasteiger partial charge in [0.2, 0.25) is 0 Å². The van der Waals surface area contributed by atoms with Crippen LogP contribution in [0.5, 0.6) is 0 Å². The SMILES string of the molecule is Cc1nc(N)sc1S(=O)(=O)NCc1ccncc1. The van der Waals surface area contributed by atoms with Crippen LogP contribution in [0.15, 0.2) is 28.7 Å². The molecule has 0 aliphatic rings. The molecule has 0 aliphatic heterocycles. The number of anilines is 1. The number of nitrogens with one attached hydrogen (secondary N) is 1. The van der Waals surface area contributed by atoms with E-state index in [1.807, 2.05) is 0 Å². The average molecular weight is 284 g/mol. The molecule has 0 unspecified atom stereocenters. The number of nitrogens with zero attached hydrogens (tertiary/aromatic N) is 2. The zero-order valence-electron chi connectivity index (χ0n) is 9.62. The van der Waals surface area contributed by atoms with Crippen LogP contribution in [-0.2, 0) is 16.6 Å². The molecule has 8 heteroatoms. The third-order valence-corrected chi connectivity index (χ3v) is 5.23. The molecule has 0 spiro atoms. The van der Waals surface area contributed by atoms with Crippen molar-refractivity contribution in [1.29, 1.82) is 0 Å². The van der Waals surface area contributed by atoms with Gasteiger partial charge in [-0.15, -0.1) is 0 Å². The van der Waals surface area contributed by atoms with Crippen LogP contribution in [0, 0.1) is 6.92 Å². The second kappa shape index (κ2) is 5.01. The fourth-order valence-electron chi connectivity index (χ4n) is 1.40. The largest absolute Gasteiger partial charge is 0.375 e. The highest BCUT2D eigenvalue weighted by molar-refractivity contribution is 7.91. The second-order valence-electron chi connectivity index (χ2n) is 3.60. The Hall–Kier alpha value is -1.51. The van der Waals surface area contributed by atoms with E-state index in [0.717, 1.165) is 16.9 Å². The van der Waals surface area contributed by atoms with Crippen molar-refractivity contribution >= 4 is 26.5 Å². The highest BCUT2D eigenvalue weighted by Crippen LogP contribution is 2.24. The Labute approximate surface area is 109 Å². The van der Waals surface area contributed by atoms with E-state index in [-0.39, 0.29) is 15.9 Å². The monoisotopic (exact) mass is 284 g/mol. The maximum Gasteiger partial charge on any atom is 0.252 e. The zero-order chi connectivity index (χ0) is 13.2. The third-order valence-electron chi connectivity index (χ3n) is 2.23. The Bertz CT molecular complexity index is 637. The highest BCUT2D eigenvalue weighted by atomic mass is 32.2. The van der Waals surface area contributed by atoms with Crippen LogP contribution >= 0.6 is 11.3 Å². The molecule has 0 radical (unpaired) electrons. The fraction of sp³-hybridized carbons (Fsp3) is 0.200. The first-order valence-electron chi connectivity index (χ1n) is 5.10. The lowest BCUT2D eigenvalue weighted by Gasteiger charge is -2.04. The first kappa shape index (κ1) is 12.9. The van der Waals surface area contributed by atoms with E-state index in [9.17, 15) is 8.42 Å². The second-order valence-corrected chi connectivity index (χ2v) is 6.60. The van der Waals surface area contributed by atoms with Crippen molar-refractivity contribution in [1.82, 2.24) is 14.7 Å². The number of rotatable bonds is 4. The van der Waals surface area contributed by atoms with Gasteiger partial charge in [0, 0.05) is 18.9 Å². The number of nitrogen functional groups attached to an aromatic ring is 1. The summed E-state index contributed by atoms with van der Waals surface area (Å²) in [5, 5.41) is 0.247. The normalized spacial score (nSPS) is 11.6. The summed E-state index contributed by atoms with van der Waals surface area (Å²) in [4.78, 5) is 7.76. The topological polar surface area (TPSA) is 98.0 Å². The molecule has 0 aliphatic carbocycles. The van der Waals surface area contributed by atoms with E-state index in [1.54, 1.807) is 31.5 Å². The van der Waals surface area contributed by atoms with Crippen molar-refractivity contribution in [3.63, 3.8) is 0 Å². The third kappa shape index (κ3) is 2.84. The number of pyridine rings is 1. The molecule has 0 atom stereocenters. The lowest BCUT2D eigenvalue weighted by Crippen LogP contribution is -2.23. The average Bonchev–Trinajstić information content (AvgIpc) is 2.68. The van der Waals surface area contributed by atoms with E-state index in [4.69, 9.17) is 5.73 Å². The molecular weight excluding hydrogens is 272 g/mol. The maximum absolute atomic E-state index is 12.0. The predicted octanol–water partition coefficient (Wildman–Crippen LogP) is 0.907. The van der Waals surface area contributed by atoms with Gasteiger partial charge in [-0.1, -0.05) is 11.3 Å². The molecule has 2 aromatic rings. The van der Waals surface area contributed by atoms with Gasteiger partial charge in [-0.05, 0) is 24.6 Å². The van der Waals surface area contributed by atoms with Gasteiger partial charge in [0.25, 0.3) is 10.0 Å². The lowest BCUT2D eigenvalue weighted by molar-refractivity contribution is 0.582. The first-order valence-corrected chi connectivity index (χ1v) is 7.40. The molecule has 0 saturated carbocycles. The number of thiazole rings is 1. The first-order chi connectivity index (χ1) is 8.49. The Morgan fingerprint density at radius 2 is 2.06 bits per heavy atom. The Morgan fingerprint density at radius 1 is 1.39 bits per heavy atom. The summed E-state index contributed by atoms with van der Waals surface area (Å²) in [5.74, 6) is 0. The van der Waals surface area contributed by atoms with E-state index in [1.165, 1.54) is 0 Å². The molecule has 18 heavy (non-hydrogen) atoms. The van der Waals surface area contributed by atoms with Gasteiger partial charge < -0.3 is 5.73 Å². The molecule has 6 nitrogen and oxygen atoms in total. The van der Waals surface area contributed by atoms with E-state index in [2.05, 4.69) is 14.7 Å². The molecular formula is C10H12N4O2S2. The van der Waals surface area contributed by atoms with Crippen LogP contribution < -0.4 is 10.5 Å². The summed E-state index contributed by atoms with van der Waals surface area (Å²) in [5.41, 5.74) is 6.74. The van der Waals surface area contributed by atoms with Crippen LogP contribution in [0.4, 0.5) is 5.13 Å². The molecule has 0 saturated heterocycles. The summed E-state index contributed by atoms with van der Waals surface area (Å²) in [6.45, 7) is 1.83. The number of aryl methyl sites for hydroxylation is 1. The van der Waals surface area contributed by atoms with Gasteiger partial charge in [-0.25, -0.2) is 18.1 Å². The van der Waals surface area contributed by atoms with Gasteiger partial charge in [0.15, 0.2) is 9.34 Å². The number of hydrogen-bond acceptors (Lipinski definition) is 6. The number of aromatic nitrogens is 2. The Balaban J connectivity index is 2.16. The van der Waals surface area contributed by atoms with Gasteiger partial charge in [0.1, 0.15) is 0 Å². The molecule has 96 valence electrons. The summed E-state index contributed by atoms with van der Waals surface area (Å²) in [6.07, 6.45) is 3.22. The van der Waals surface area contributed by atoms with Gasteiger partial charge in [-0.3, -0.25) is 4.98 Å². The minimum Gasteiger partial charge on any atom is -0.375 e. The van der Waals surface area contributed by atoms with Gasteiger partial charge in [0.05, 0.1) is 5.69 Å². The quantitative estimate of drug-likeness (QED) is 0.869. The standard InChI is InChI=1S/C10H12N4O2S2/c1-7-9(17-10(11)14-7)18(15,16)13-6-8-2-4-12-5-3-8/h2-5,13H,6H2,1H3,(H2,11,14). The predicted molar refractivity (Wildman–Crippen MR) is 69.5 cm³/mol. The summed E-state index contributed by atoms with van der Waals surface area (Å²) in [7, 11) is -3.56. The molecule has 3 N–H and O–H groups in total. The van der Waals surface area contributed by atoms with Crippen LogP contribution in [0.2, 0.25) is 0 Å². The van der Waals surface area contributed by atoms with Crippen molar-refractivity contribution in [2.45, 2.75) is 17.7 Å². The summed E-state index contributed by atoms with van der Waals surface area (Å²) < 4.78 is 26.7. The highest BCUT2D eigenvalue weighted by Gasteiger charge is 2.20. The fourth-order valence-corrected chi connectivity index (χ4v) is 3.76. The van der Waals surface area contributed by atoms with E-state index >= 15 is 0 Å². The van der Waals surface area contributed by atoms with Crippen LogP contribution in [0.1, 0.15) is 11.3 Å². The molecule has 0 amide bonds. The van der Waals surface area contributed by atoms with Crippen LogP contribution in [0.3, 0.4) is 0 Å². The molecule has 0 aromatic carbocycles. The molecule has 0 bridgehead atoms. The van der Waals surface area contributed by atoms with Gasteiger partial charge >= 0.3 is 0 Å². The van der Waals surface area contributed by atoms with Crippen molar-refractivity contribution in [3.8, 4) is 0 Å². The minimum absolute atomic E-state index is 0.161. The minimum atomic E-state index is -3.56. The number of nitrogens with two attached hydrogens (primary N) is 1. The smallest absolute Gasteiger partial charge is 0.252 e. The van der Waals surface area contributed by atoms with Crippen LogP contribution in [0.25, 0.3) is 0 Å². The molecule has 0 fully saturated rings. The van der Waals surface area contributed by atoms with E-state index < -0.39 is 10.0 Å². The van der Waals surface area contributed by atoms with Crippen molar-refractivity contribution in [3.05, 3.63) is 35.8 Å². The van der Waals surface area contributed by atoms with Crippen molar-refractivity contribution < 1.29 is 8.42 Å². The Morgan fingerprint density at radius 3 is 2.61 bits per heavy atom. The maximum atomic E-state index is 12.0. The van der Waals surface area contributed by atoms with Crippen LogP contribution in [-0.4, -0.2) is 18.4 Å². The summed E-state index contributed by atoms with van der Waals surface area (Å²) in [6, 6.07) is 3.49. The Kier molecular flexibility index (Phi) is 3.60. The molecule has 2 rings (SSSR count). The van der Waals surface area contributed by atoms with E-state index in [0.29, 0.717) is 5.69 Å². The van der Waals surface area contributed by atoms with Crippen molar-refractivity contribution in [2.24, 2.45) is 0 Å². The molecule has 2 heterocycles. The summed E-state index contributed by atoms with van der Waals surface area (Å²) >= 11 is 0.960. The van der Waals surface area contributed by atoms with Gasteiger partial charge in [-0.2, -0.15) is 0 Å².